The van der Waals surface area contributed by atoms with E-state index in [0.717, 1.165) is 6.07 Å². The van der Waals surface area contributed by atoms with Crippen LogP contribution in [0.15, 0.2) is 42.7 Å². The molecule has 0 aliphatic rings. The van der Waals surface area contributed by atoms with Crippen LogP contribution in [0.5, 0.6) is 0 Å². The Bertz CT molecular complexity index is 555. The van der Waals surface area contributed by atoms with E-state index in [2.05, 4.69) is 10.4 Å². The van der Waals surface area contributed by atoms with Crippen molar-refractivity contribution in [2.24, 2.45) is 0 Å². The van der Waals surface area contributed by atoms with E-state index < -0.39 is 17.8 Å². The van der Waals surface area contributed by atoms with E-state index in [1.54, 1.807) is 23.1 Å². The fourth-order valence-corrected chi connectivity index (χ4v) is 2.02. The number of nitrogens with one attached hydrogen (secondary N) is 1. The van der Waals surface area contributed by atoms with Crippen molar-refractivity contribution in [1.82, 2.24) is 15.1 Å². The summed E-state index contributed by atoms with van der Waals surface area (Å²) in [7, 11) is 0. The first-order chi connectivity index (χ1) is 9.98. The molecule has 4 nitrogen and oxygen atoms in total. The van der Waals surface area contributed by atoms with Gasteiger partial charge in [0.15, 0.2) is 0 Å². The Morgan fingerprint density at radius 3 is 2.67 bits per heavy atom. The lowest BCUT2D eigenvalue weighted by Gasteiger charge is -2.18. The number of halogens is 3. The van der Waals surface area contributed by atoms with Crippen molar-refractivity contribution >= 4 is 0 Å². The molecule has 0 amide bonds. The Balaban J connectivity index is 1.90. The molecular weight excluding hydrogens is 283 g/mol. The van der Waals surface area contributed by atoms with Crippen molar-refractivity contribution in [3.8, 4) is 0 Å². The first-order valence-electron chi connectivity index (χ1n) is 6.51. The molecule has 114 valence electrons. The van der Waals surface area contributed by atoms with E-state index in [0.29, 0.717) is 13.1 Å². The molecule has 21 heavy (non-hydrogen) atoms. The van der Waals surface area contributed by atoms with Gasteiger partial charge < -0.3 is 10.4 Å². The SMILES string of the molecule is OC(CNCCn1cccn1)c1ccccc1C(F)(F)F. The van der Waals surface area contributed by atoms with E-state index >= 15 is 0 Å². The van der Waals surface area contributed by atoms with Gasteiger partial charge in [0.25, 0.3) is 0 Å². The van der Waals surface area contributed by atoms with Crippen molar-refractivity contribution in [2.45, 2.75) is 18.8 Å². The fourth-order valence-electron chi connectivity index (χ4n) is 2.02. The number of aliphatic hydroxyl groups excluding tert-OH is 1. The quantitative estimate of drug-likeness (QED) is 0.804. The van der Waals surface area contributed by atoms with Gasteiger partial charge in [-0.1, -0.05) is 18.2 Å². The summed E-state index contributed by atoms with van der Waals surface area (Å²) in [4.78, 5) is 0. The van der Waals surface area contributed by atoms with Crippen LogP contribution in [0.4, 0.5) is 13.2 Å². The molecule has 0 saturated heterocycles. The predicted octanol–water partition coefficient (Wildman–Crippen LogP) is 2.23. The van der Waals surface area contributed by atoms with Gasteiger partial charge in [0.05, 0.1) is 18.2 Å². The summed E-state index contributed by atoms with van der Waals surface area (Å²) in [5, 5.41) is 16.9. The van der Waals surface area contributed by atoms with Crippen LogP contribution >= 0.6 is 0 Å². The number of benzene rings is 1. The molecule has 0 radical (unpaired) electrons. The molecule has 1 heterocycles. The summed E-state index contributed by atoms with van der Waals surface area (Å²) in [6, 6.07) is 6.85. The Morgan fingerprint density at radius 1 is 1.24 bits per heavy atom. The van der Waals surface area contributed by atoms with Gasteiger partial charge in [-0.15, -0.1) is 0 Å². The lowest BCUT2D eigenvalue weighted by Crippen LogP contribution is -2.26. The predicted molar refractivity (Wildman–Crippen MR) is 71.5 cm³/mol. The Morgan fingerprint density at radius 2 is 2.00 bits per heavy atom. The summed E-state index contributed by atoms with van der Waals surface area (Å²) < 4.78 is 40.2. The second-order valence-electron chi connectivity index (χ2n) is 4.57. The lowest BCUT2D eigenvalue weighted by atomic mass is 10.0. The number of hydrogen-bond acceptors (Lipinski definition) is 3. The second-order valence-corrected chi connectivity index (χ2v) is 4.57. The molecule has 0 fully saturated rings. The van der Waals surface area contributed by atoms with Crippen LogP contribution in [0.1, 0.15) is 17.2 Å². The smallest absolute Gasteiger partial charge is 0.387 e. The van der Waals surface area contributed by atoms with Crippen molar-refractivity contribution < 1.29 is 18.3 Å². The highest BCUT2D eigenvalue weighted by atomic mass is 19.4. The second kappa shape index (κ2) is 6.73. The molecule has 1 atom stereocenters. The van der Waals surface area contributed by atoms with Gasteiger partial charge in [-0.3, -0.25) is 4.68 Å². The lowest BCUT2D eigenvalue weighted by molar-refractivity contribution is -0.139. The van der Waals surface area contributed by atoms with E-state index in [1.165, 1.54) is 18.2 Å². The van der Waals surface area contributed by atoms with Crippen LogP contribution < -0.4 is 5.32 Å². The number of aromatic nitrogens is 2. The highest BCUT2D eigenvalue weighted by molar-refractivity contribution is 5.31. The largest absolute Gasteiger partial charge is 0.416 e. The molecule has 2 rings (SSSR count). The number of nitrogens with zero attached hydrogens (tertiary/aromatic N) is 2. The van der Waals surface area contributed by atoms with Crippen molar-refractivity contribution in [3.05, 3.63) is 53.9 Å². The molecule has 1 aromatic carbocycles. The van der Waals surface area contributed by atoms with Crippen LogP contribution in [0.3, 0.4) is 0 Å². The zero-order valence-corrected chi connectivity index (χ0v) is 11.2. The van der Waals surface area contributed by atoms with Gasteiger partial charge in [0, 0.05) is 25.5 Å². The van der Waals surface area contributed by atoms with Crippen LogP contribution in [0, 0.1) is 0 Å². The molecule has 0 aliphatic heterocycles. The molecule has 0 spiro atoms. The van der Waals surface area contributed by atoms with Crippen LogP contribution in [-0.2, 0) is 12.7 Å². The maximum atomic E-state index is 12.8. The van der Waals surface area contributed by atoms with Crippen molar-refractivity contribution in [3.63, 3.8) is 0 Å². The van der Waals surface area contributed by atoms with E-state index in [4.69, 9.17) is 0 Å². The van der Waals surface area contributed by atoms with Gasteiger partial charge in [0.1, 0.15) is 0 Å². The zero-order chi connectivity index (χ0) is 15.3. The molecule has 7 heteroatoms. The highest BCUT2D eigenvalue weighted by Crippen LogP contribution is 2.34. The molecule has 2 N–H and O–H groups in total. The molecule has 2 aromatic rings. The van der Waals surface area contributed by atoms with Crippen molar-refractivity contribution in [1.29, 1.82) is 0 Å². The van der Waals surface area contributed by atoms with Gasteiger partial charge in [-0.05, 0) is 17.7 Å². The summed E-state index contributed by atoms with van der Waals surface area (Å²) in [6.45, 7) is 1.14. The molecule has 1 aromatic heterocycles. The average Bonchev–Trinajstić information content (AvgIpc) is 2.95. The normalized spacial score (nSPS) is 13.3. The zero-order valence-electron chi connectivity index (χ0n) is 11.2. The first kappa shape index (κ1) is 15.5. The third kappa shape index (κ3) is 4.30. The average molecular weight is 299 g/mol. The molecular formula is C14H16F3N3O. The van der Waals surface area contributed by atoms with Crippen LogP contribution in [-0.4, -0.2) is 28.0 Å². The molecule has 1 unspecified atom stereocenters. The third-order valence-electron chi connectivity index (χ3n) is 3.04. The minimum Gasteiger partial charge on any atom is -0.387 e. The number of rotatable bonds is 6. The van der Waals surface area contributed by atoms with E-state index in [1.807, 2.05) is 0 Å². The highest BCUT2D eigenvalue weighted by Gasteiger charge is 2.34. The van der Waals surface area contributed by atoms with Crippen LogP contribution in [0.2, 0.25) is 0 Å². The van der Waals surface area contributed by atoms with Gasteiger partial charge in [-0.25, -0.2) is 0 Å². The molecule has 0 bridgehead atoms. The van der Waals surface area contributed by atoms with Gasteiger partial charge >= 0.3 is 6.18 Å². The van der Waals surface area contributed by atoms with Gasteiger partial charge in [0.2, 0.25) is 0 Å². The Kier molecular flexibility index (Phi) is 4.98. The first-order valence-corrected chi connectivity index (χ1v) is 6.51. The Labute approximate surface area is 120 Å². The maximum Gasteiger partial charge on any atom is 0.416 e. The summed E-state index contributed by atoms with van der Waals surface area (Å²) >= 11 is 0. The third-order valence-corrected chi connectivity index (χ3v) is 3.04. The van der Waals surface area contributed by atoms with Gasteiger partial charge in [-0.2, -0.15) is 18.3 Å². The molecule has 0 saturated carbocycles. The van der Waals surface area contributed by atoms with Crippen LogP contribution in [0.25, 0.3) is 0 Å². The summed E-state index contributed by atoms with van der Waals surface area (Å²) in [5.41, 5.74) is -0.914. The number of hydrogen-bond donors (Lipinski definition) is 2. The maximum absolute atomic E-state index is 12.8. The number of alkyl halides is 3. The van der Waals surface area contributed by atoms with Crippen molar-refractivity contribution in [2.75, 3.05) is 13.1 Å². The minimum absolute atomic E-state index is 0.0500. The van der Waals surface area contributed by atoms with E-state index in [-0.39, 0.29) is 12.1 Å². The molecule has 0 aliphatic carbocycles. The topological polar surface area (TPSA) is 50.1 Å². The monoisotopic (exact) mass is 299 g/mol. The number of aliphatic hydroxyl groups is 1. The summed E-state index contributed by atoms with van der Waals surface area (Å²) in [6.07, 6.45) is -2.24. The fraction of sp³-hybridized carbons (Fsp3) is 0.357. The Hall–Kier alpha value is -1.86. The summed E-state index contributed by atoms with van der Waals surface area (Å²) in [5.74, 6) is 0. The minimum atomic E-state index is -4.47. The van der Waals surface area contributed by atoms with E-state index in [9.17, 15) is 18.3 Å². The standard InChI is InChI=1S/C14H16F3N3O/c15-14(16,17)12-5-2-1-4-11(12)13(21)10-18-7-9-20-8-3-6-19-20/h1-6,8,13,18,21H,7,9-10H2.